The monoisotopic (exact) mass is 632 g/mol. The van der Waals surface area contributed by atoms with E-state index < -0.39 is 5.97 Å². The van der Waals surface area contributed by atoms with Gasteiger partial charge in [-0.1, -0.05) is 33.3 Å². The van der Waals surface area contributed by atoms with Crippen LogP contribution in [0.5, 0.6) is 5.75 Å². The highest BCUT2D eigenvalue weighted by Crippen LogP contribution is 2.26. The molecule has 0 fully saturated rings. The lowest BCUT2D eigenvalue weighted by Crippen LogP contribution is -2.36. The van der Waals surface area contributed by atoms with Crippen molar-refractivity contribution >= 4 is 11.9 Å². The van der Waals surface area contributed by atoms with Crippen LogP contribution in [0.2, 0.25) is 0 Å². The van der Waals surface area contributed by atoms with Crippen LogP contribution in [0.3, 0.4) is 0 Å². The topological polar surface area (TPSA) is 121 Å². The number of nitrogens with zero attached hydrogens (tertiary/aromatic N) is 1. The van der Waals surface area contributed by atoms with E-state index in [1.165, 1.54) is 41.8 Å². The summed E-state index contributed by atoms with van der Waals surface area (Å²) >= 11 is 0. The first-order valence-corrected chi connectivity index (χ1v) is 16.9. The first-order valence-electron chi connectivity index (χ1n) is 16.9. The Bertz CT molecular complexity index is 1030. The largest absolute Gasteiger partial charge is 0.494 e. The van der Waals surface area contributed by atoms with Gasteiger partial charge in [0.05, 0.1) is 32.2 Å². The number of rotatable bonds is 18. The average molecular weight is 633 g/mol. The fourth-order valence-electron chi connectivity index (χ4n) is 5.22. The average Bonchev–Trinajstić information content (AvgIpc) is 3.09. The number of allylic oxidation sites excluding steroid dienone is 1. The number of nitrogens with one attached hydrogen (secondary N) is 3. The lowest BCUT2D eigenvalue weighted by Gasteiger charge is -2.23. The van der Waals surface area contributed by atoms with Gasteiger partial charge >= 0.3 is 0 Å². The maximum atomic E-state index is 13.1. The molecule has 2 aliphatic rings. The minimum absolute atomic E-state index is 0.0360. The first-order chi connectivity index (χ1) is 21.7. The molecule has 10 heteroatoms. The van der Waals surface area contributed by atoms with Crippen molar-refractivity contribution in [3.8, 4) is 5.75 Å². The molecule has 1 amide bonds. The molecule has 0 aromatic heterocycles. The van der Waals surface area contributed by atoms with E-state index in [-0.39, 0.29) is 11.8 Å². The summed E-state index contributed by atoms with van der Waals surface area (Å²) in [6.07, 6.45) is 7.77. The Morgan fingerprint density at radius 3 is 2.51 bits per heavy atom. The van der Waals surface area contributed by atoms with Gasteiger partial charge < -0.3 is 40.2 Å². The van der Waals surface area contributed by atoms with Gasteiger partial charge in [0.15, 0.2) is 0 Å². The molecule has 1 aromatic carbocycles. The normalized spacial score (nSPS) is 17.0. The second-order valence-electron chi connectivity index (χ2n) is 12.5. The molecule has 3 rings (SSSR count). The second kappa shape index (κ2) is 22.6. The lowest BCUT2D eigenvalue weighted by molar-refractivity contribution is -0.136. The summed E-state index contributed by atoms with van der Waals surface area (Å²) in [5.74, 6) is 2.09. The van der Waals surface area contributed by atoms with E-state index in [0.717, 1.165) is 77.7 Å². The standard InChI is InChI=1S/C33H56N4O4.C2H4O2/c1-26(2)12-19-39-20-15-34-16-21-40-22-17-37-25-30-24-31(11-10-29(30)23-28(4)33(37)38)41-18-8-14-36-32-27(3)9-6-5-7-13-35-32;1-2(3)4/h10-11,24,26,28,34-36H,5-9,12-23,25H2,1-4H3;1H3,(H,3,4). The fraction of sp³-hybridized carbons (Fsp3) is 0.714. The van der Waals surface area contributed by atoms with Crippen molar-refractivity contribution < 1.29 is 28.9 Å². The van der Waals surface area contributed by atoms with Crippen molar-refractivity contribution in [2.24, 2.45) is 11.8 Å². The van der Waals surface area contributed by atoms with Crippen molar-refractivity contribution in [3.63, 3.8) is 0 Å². The van der Waals surface area contributed by atoms with Crippen LogP contribution in [0.25, 0.3) is 0 Å². The molecule has 0 aliphatic carbocycles. The Balaban J connectivity index is 0.00000166. The highest BCUT2D eigenvalue weighted by atomic mass is 16.5. The summed E-state index contributed by atoms with van der Waals surface area (Å²) in [5.41, 5.74) is 3.84. The Labute approximate surface area is 271 Å². The molecular weight excluding hydrogens is 572 g/mol. The summed E-state index contributed by atoms with van der Waals surface area (Å²) < 4.78 is 17.6. The maximum absolute atomic E-state index is 13.1. The zero-order chi connectivity index (χ0) is 32.9. The van der Waals surface area contributed by atoms with Gasteiger partial charge in [-0.25, -0.2) is 0 Å². The van der Waals surface area contributed by atoms with Crippen LogP contribution in [0.1, 0.15) is 84.3 Å². The number of amides is 1. The van der Waals surface area contributed by atoms with Gasteiger partial charge in [0, 0.05) is 58.7 Å². The van der Waals surface area contributed by atoms with Crippen molar-refractivity contribution in [1.82, 2.24) is 20.9 Å². The Hall–Kier alpha value is -2.82. The molecule has 2 heterocycles. The summed E-state index contributed by atoms with van der Waals surface area (Å²) in [6, 6.07) is 6.31. The van der Waals surface area contributed by atoms with E-state index in [1.807, 2.05) is 17.9 Å². The van der Waals surface area contributed by atoms with Crippen molar-refractivity contribution in [3.05, 3.63) is 40.7 Å². The quantitative estimate of drug-likeness (QED) is 0.170. The fourth-order valence-corrected chi connectivity index (χ4v) is 5.22. The van der Waals surface area contributed by atoms with Gasteiger partial charge in [-0.2, -0.15) is 0 Å². The first kappa shape index (κ1) is 38.4. The third kappa shape index (κ3) is 16.9. The van der Waals surface area contributed by atoms with Crippen LogP contribution >= 0.6 is 0 Å². The zero-order valence-electron chi connectivity index (χ0n) is 28.6. The van der Waals surface area contributed by atoms with E-state index >= 15 is 0 Å². The summed E-state index contributed by atoms with van der Waals surface area (Å²) in [7, 11) is 0. The molecule has 0 radical (unpaired) electrons. The van der Waals surface area contributed by atoms with Crippen LogP contribution in [0, 0.1) is 11.8 Å². The van der Waals surface area contributed by atoms with E-state index in [2.05, 4.69) is 48.9 Å². The number of carboxylic acids is 1. The molecular formula is C35H60N4O6. The molecule has 1 aromatic rings. The SMILES string of the molecule is CC(=O)O.CC1=C(NCCCOc2ccc3c(c2)CN(CCOCCNCCOCCC(C)C)C(=O)C(C)C3)NCCCCC1. The van der Waals surface area contributed by atoms with Crippen LogP contribution < -0.4 is 20.7 Å². The number of ether oxygens (including phenoxy) is 3. The number of fused-ring (bicyclic) bond motifs is 1. The maximum Gasteiger partial charge on any atom is 0.300 e. The molecule has 1 atom stereocenters. The van der Waals surface area contributed by atoms with Crippen LogP contribution in [0.4, 0.5) is 0 Å². The number of aliphatic carboxylic acids is 1. The van der Waals surface area contributed by atoms with E-state index in [0.29, 0.717) is 38.8 Å². The second-order valence-corrected chi connectivity index (χ2v) is 12.5. The molecule has 0 saturated carbocycles. The number of hydrogen-bond acceptors (Lipinski definition) is 8. The molecule has 2 aliphatic heterocycles. The van der Waals surface area contributed by atoms with E-state index in [9.17, 15) is 4.79 Å². The third-order valence-electron chi connectivity index (χ3n) is 7.84. The number of benzene rings is 1. The van der Waals surface area contributed by atoms with Crippen LogP contribution in [-0.4, -0.2) is 87.6 Å². The Morgan fingerprint density at radius 1 is 1.04 bits per heavy atom. The predicted molar refractivity (Wildman–Crippen MR) is 179 cm³/mol. The minimum Gasteiger partial charge on any atom is -0.494 e. The van der Waals surface area contributed by atoms with Gasteiger partial charge in [0.2, 0.25) is 5.91 Å². The molecule has 1 unspecified atom stereocenters. The third-order valence-corrected chi connectivity index (χ3v) is 7.84. The van der Waals surface area contributed by atoms with Crippen LogP contribution in [-0.2, 0) is 32.0 Å². The minimum atomic E-state index is -0.833. The number of carbonyl (C=O) groups is 2. The van der Waals surface area contributed by atoms with E-state index in [4.69, 9.17) is 24.1 Å². The van der Waals surface area contributed by atoms with Gasteiger partial charge in [0.1, 0.15) is 5.75 Å². The summed E-state index contributed by atoms with van der Waals surface area (Å²) in [6.45, 7) is 17.9. The van der Waals surface area contributed by atoms with Gasteiger partial charge in [0.25, 0.3) is 5.97 Å². The van der Waals surface area contributed by atoms with Gasteiger partial charge in [-0.05, 0) is 80.2 Å². The number of carboxylic acid groups (broad SMARTS) is 1. The summed E-state index contributed by atoms with van der Waals surface area (Å²) in [4.78, 5) is 24.0. The Morgan fingerprint density at radius 2 is 1.78 bits per heavy atom. The van der Waals surface area contributed by atoms with Gasteiger partial charge in [-0.3, -0.25) is 9.59 Å². The Kier molecular flexibility index (Phi) is 19.3. The zero-order valence-corrected chi connectivity index (χ0v) is 28.6. The lowest BCUT2D eigenvalue weighted by atomic mass is 9.98. The highest BCUT2D eigenvalue weighted by molar-refractivity contribution is 5.79. The number of carbonyl (C=O) groups excluding carboxylic acids is 1. The predicted octanol–water partition coefficient (Wildman–Crippen LogP) is 4.72. The molecule has 0 spiro atoms. The highest BCUT2D eigenvalue weighted by Gasteiger charge is 2.26. The number of hydrogen-bond donors (Lipinski definition) is 4. The molecule has 256 valence electrons. The van der Waals surface area contributed by atoms with Crippen LogP contribution in [0.15, 0.2) is 29.6 Å². The van der Waals surface area contributed by atoms with Crippen molar-refractivity contribution in [1.29, 1.82) is 0 Å². The molecule has 45 heavy (non-hydrogen) atoms. The molecule has 0 saturated heterocycles. The molecule has 0 bridgehead atoms. The molecule has 4 N–H and O–H groups in total. The van der Waals surface area contributed by atoms with Gasteiger partial charge in [-0.15, -0.1) is 0 Å². The molecule has 10 nitrogen and oxygen atoms in total. The van der Waals surface area contributed by atoms with Crippen molar-refractivity contribution in [2.75, 3.05) is 65.8 Å². The van der Waals surface area contributed by atoms with E-state index in [1.54, 1.807) is 0 Å². The smallest absolute Gasteiger partial charge is 0.300 e. The summed E-state index contributed by atoms with van der Waals surface area (Å²) in [5, 5.41) is 17.9. The van der Waals surface area contributed by atoms with Crippen molar-refractivity contribution in [2.45, 2.75) is 86.1 Å².